The number of pyridine rings is 1. The fourth-order valence-electron chi connectivity index (χ4n) is 4.84. The second-order valence-corrected chi connectivity index (χ2v) is 13.1. The molecule has 4 amide bonds. The minimum Gasteiger partial charge on any atom is -0.445 e. The minimum absolute atomic E-state index is 0.0119. The molecule has 0 saturated carbocycles. The number of hydrogen-bond donors (Lipinski definition) is 5. The maximum Gasteiger partial charge on any atom is 0.408 e. The molecule has 0 aliphatic heterocycles. The summed E-state index contributed by atoms with van der Waals surface area (Å²) in [6, 6.07) is 9.70. The normalized spacial score (nSPS) is 14.2. The van der Waals surface area contributed by atoms with Gasteiger partial charge in [-0.3, -0.25) is 19.4 Å². The first kappa shape index (κ1) is 38.1. The van der Waals surface area contributed by atoms with Crippen molar-refractivity contribution in [3.63, 3.8) is 0 Å². The molecule has 0 radical (unpaired) electrons. The van der Waals surface area contributed by atoms with E-state index in [2.05, 4.69) is 31.2 Å². The van der Waals surface area contributed by atoms with Crippen molar-refractivity contribution in [2.24, 2.45) is 11.8 Å². The van der Waals surface area contributed by atoms with E-state index in [1.165, 1.54) is 11.3 Å². The van der Waals surface area contributed by atoms with E-state index in [1.54, 1.807) is 35.4 Å². The Morgan fingerprint density at radius 1 is 0.917 bits per heavy atom. The van der Waals surface area contributed by atoms with Crippen LogP contribution in [-0.4, -0.2) is 69.7 Å². The summed E-state index contributed by atoms with van der Waals surface area (Å²) in [7, 11) is 0. The van der Waals surface area contributed by atoms with Crippen LogP contribution in [0.2, 0.25) is 0 Å². The van der Waals surface area contributed by atoms with Crippen LogP contribution in [0.5, 0.6) is 0 Å². The van der Waals surface area contributed by atoms with Crippen molar-refractivity contribution < 1.29 is 29.0 Å². The number of aliphatic hydroxyl groups excluding tert-OH is 1. The number of amides is 4. The van der Waals surface area contributed by atoms with Crippen LogP contribution in [-0.2, 0) is 38.6 Å². The third kappa shape index (κ3) is 13.8. The predicted molar refractivity (Wildman–Crippen MR) is 184 cm³/mol. The quantitative estimate of drug-likeness (QED) is 0.128. The molecule has 0 fully saturated rings. The Balaban J connectivity index is 1.76. The van der Waals surface area contributed by atoms with Crippen molar-refractivity contribution in [3.8, 4) is 0 Å². The first-order chi connectivity index (χ1) is 23.0. The number of hydrogen-bond acceptors (Lipinski definition) is 9. The minimum atomic E-state index is -1.15. The number of aromatic nitrogens is 2. The molecule has 0 spiro atoms. The number of nitrogens with one attached hydrogen (secondary N) is 4. The third-order valence-electron chi connectivity index (χ3n) is 7.77. The fraction of sp³-hybridized carbons (Fsp3) is 0.486. The average Bonchev–Trinajstić information content (AvgIpc) is 3.59. The van der Waals surface area contributed by atoms with E-state index in [0.717, 1.165) is 12.0 Å². The van der Waals surface area contributed by atoms with Gasteiger partial charge in [0.05, 0.1) is 29.8 Å². The van der Waals surface area contributed by atoms with Crippen LogP contribution >= 0.6 is 11.3 Å². The summed E-state index contributed by atoms with van der Waals surface area (Å²) in [5, 5.41) is 24.0. The lowest BCUT2D eigenvalue weighted by atomic mass is 9.96. The van der Waals surface area contributed by atoms with Gasteiger partial charge in [-0.1, -0.05) is 70.5 Å². The Kier molecular flexibility index (Phi) is 16.0. The third-order valence-corrected chi connectivity index (χ3v) is 8.41. The highest BCUT2D eigenvalue weighted by molar-refractivity contribution is 7.07. The van der Waals surface area contributed by atoms with E-state index in [1.807, 2.05) is 58.0 Å². The molecular weight excluding hydrogens is 632 g/mol. The zero-order chi connectivity index (χ0) is 34.9. The summed E-state index contributed by atoms with van der Waals surface area (Å²) in [6.07, 6.45) is 2.54. The molecular formula is C35H48N6O6S. The van der Waals surface area contributed by atoms with E-state index in [-0.39, 0.29) is 37.7 Å². The van der Waals surface area contributed by atoms with Gasteiger partial charge in [0, 0.05) is 37.2 Å². The SMILES string of the molecule is CCC(C)CNC(=O)CC(O)C(CC(C)C)NC(=O)[C@H](Cc1cscn1)NC(=O)[C@H](Cc1cccnc1)NC(=O)OCc1ccccc1. The highest BCUT2D eigenvalue weighted by Gasteiger charge is 2.32. The number of benzene rings is 1. The van der Waals surface area contributed by atoms with Crippen molar-refractivity contribution in [3.05, 3.63) is 82.6 Å². The Labute approximate surface area is 286 Å². The van der Waals surface area contributed by atoms with Gasteiger partial charge in [-0.05, 0) is 35.4 Å². The molecule has 0 aliphatic rings. The van der Waals surface area contributed by atoms with Crippen molar-refractivity contribution >= 4 is 35.2 Å². The maximum absolute atomic E-state index is 13.8. The first-order valence-electron chi connectivity index (χ1n) is 16.3. The number of carbonyl (C=O) groups excluding carboxylic acids is 4. The van der Waals surface area contributed by atoms with Crippen LogP contribution in [0.4, 0.5) is 4.79 Å². The summed E-state index contributed by atoms with van der Waals surface area (Å²) in [5.74, 6) is -1.07. The predicted octanol–water partition coefficient (Wildman–Crippen LogP) is 3.55. The molecule has 2 heterocycles. The van der Waals surface area contributed by atoms with Gasteiger partial charge in [-0.15, -0.1) is 11.3 Å². The molecule has 0 bridgehead atoms. The van der Waals surface area contributed by atoms with Gasteiger partial charge >= 0.3 is 6.09 Å². The number of aliphatic hydroxyl groups is 1. The topological polar surface area (TPSA) is 172 Å². The van der Waals surface area contributed by atoms with E-state index in [4.69, 9.17) is 4.74 Å². The second-order valence-electron chi connectivity index (χ2n) is 12.4. The van der Waals surface area contributed by atoms with Crippen LogP contribution in [0.3, 0.4) is 0 Å². The van der Waals surface area contributed by atoms with Crippen LogP contribution in [0, 0.1) is 11.8 Å². The summed E-state index contributed by atoms with van der Waals surface area (Å²) in [5.41, 5.74) is 3.69. The summed E-state index contributed by atoms with van der Waals surface area (Å²) in [4.78, 5) is 61.4. The van der Waals surface area contributed by atoms with Crippen LogP contribution in [0.1, 0.15) is 63.8 Å². The first-order valence-corrected chi connectivity index (χ1v) is 17.3. The molecule has 13 heteroatoms. The van der Waals surface area contributed by atoms with Crippen LogP contribution in [0.15, 0.2) is 65.7 Å². The number of rotatable bonds is 19. The fourth-order valence-corrected chi connectivity index (χ4v) is 5.41. The zero-order valence-electron chi connectivity index (χ0n) is 28.1. The van der Waals surface area contributed by atoms with Crippen molar-refractivity contribution in [2.45, 2.75) is 90.6 Å². The number of thiazole rings is 1. The molecule has 260 valence electrons. The lowest BCUT2D eigenvalue weighted by Gasteiger charge is -2.29. The van der Waals surface area contributed by atoms with Crippen molar-refractivity contribution in [1.29, 1.82) is 0 Å². The average molecular weight is 681 g/mol. The molecule has 12 nitrogen and oxygen atoms in total. The highest BCUT2D eigenvalue weighted by atomic mass is 32.1. The Hall–Kier alpha value is -4.36. The van der Waals surface area contributed by atoms with E-state index < -0.39 is 42.1 Å². The van der Waals surface area contributed by atoms with Gasteiger partial charge in [-0.25, -0.2) is 9.78 Å². The molecule has 3 rings (SSSR count). The lowest BCUT2D eigenvalue weighted by molar-refractivity contribution is -0.131. The number of carbonyl (C=O) groups is 4. The number of alkyl carbamates (subject to hydrolysis) is 1. The standard InChI is InChI=1S/C35H48N6O6S/c1-5-24(4)18-37-32(43)17-31(42)28(14-23(2)3)39-34(45)30(16-27-21-48-22-38-27)40-33(44)29(15-26-12-9-13-36-19-26)41-35(46)47-20-25-10-7-6-8-11-25/h6-13,19,21-24,28-31,42H,5,14-18,20H2,1-4H3,(H,37,43)(H,39,45)(H,40,44)(H,41,46)/t24?,28?,29-,30-,31?/m0/s1. The second kappa shape index (κ2) is 20.1. The monoisotopic (exact) mass is 680 g/mol. The molecule has 0 aliphatic carbocycles. The van der Waals surface area contributed by atoms with Crippen molar-refractivity contribution in [2.75, 3.05) is 6.54 Å². The highest BCUT2D eigenvalue weighted by Crippen LogP contribution is 2.14. The largest absolute Gasteiger partial charge is 0.445 e. The molecule has 3 aromatic rings. The zero-order valence-corrected chi connectivity index (χ0v) is 28.9. The van der Waals surface area contributed by atoms with Gasteiger partial charge in [0.1, 0.15) is 18.7 Å². The van der Waals surface area contributed by atoms with Crippen molar-refractivity contribution in [1.82, 2.24) is 31.2 Å². The van der Waals surface area contributed by atoms with Crippen LogP contribution in [0.25, 0.3) is 0 Å². The van der Waals surface area contributed by atoms with Gasteiger partial charge in [-0.2, -0.15) is 0 Å². The van der Waals surface area contributed by atoms with Gasteiger partial charge in [0.2, 0.25) is 17.7 Å². The molecule has 2 aromatic heterocycles. The lowest BCUT2D eigenvalue weighted by Crippen LogP contribution is -2.57. The maximum atomic E-state index is 13.8. The van der Waals surface area contributed by atoms with E-state index >= 15 is 0 Å². The molecule has 0 saturated heterocycles. The number of nitrogens with zero attached hydrogens (tertiary/aromatic N) is 2. The number of ether oxygens (including phenoxy) is 1. The molecule has 48 heavy (non-hydrogen) atoms. The molecule has 1 aromatic carbocycles. The van der Waals surface area contributed by atoms with Crippen LogP contribution < -0.4 is 21.3 Å². The van der Waals surface area contributed by atoms with Gasteiger partial charge < -0.3 is 31.1 Å². The molecule has 5 atom stereocenters. The Morgan fingerprint density at radius 3 is 2.27 bits per heavy atom. The summed E-state index contributed by atoms with van der Waals surface area (Å²) < 4.78 is 5.37. The van der Waals surface area contributed by atoms with E-state index in [0.29, 0.717) is 30.1 Å². The molecule has 3 unspecified atom stereocenters. The Morgan fingerprint density at radius 2 is 1.62 bits per heavy atom. The summed E-state index contributed by atoms with van der Waals surface area (Å²) >= 11 is 1.35. The van der Waals surface area contributed by atoms with Gasteiger partial charge in [0.15, 0.2) is 0 Å². The smallest absolute Gasteiger partial charge is 0.408 e. The summed E-state index contributed by atoms with van der Waals surface area (Å²) in [6.45, 7) is 8.48. The molecule has 5 N–H and O–H groups in total. The van der Waals surface area contributed by atoms with Gasteiger partial charge in [0.25, 0.3) is 0 Å². The van der Waals surface area contributed by atoms with E-state index in [9.17, 15) is 24.3 Å². The Bertz CT molecular complexity index is 1410.